The lowest BCUT2D eigenvalue weighted by molar-refractivity contribution is -0.322. The summed E-state index contributed by atoms with van der Waals surface area (Å²) in [6.07, 6.45) is -2.17. The van der Waals surface area contributed by atoms with Gasteiger partial charge >= 0.3 is 0 Å². The lowest BCUT2D eigenvalue weighted by Crippen LogP contribution is -2.60. The van der Waals surface area contributed by atoms with Gasteiger partial charge in [-0.1, -0.05) is 121 Å². The predicted octanol–water partition coefficient (Wildman–Crippen LogP) is 6.70. The highest BCUT2D eigenvalue weighted by Crippen LogP contribution is 2.31. The van der Waals surface area contributed by atoms with Crippen molar-refractivity contribution in [2.24, 2.45) is 0 Å². The summed E-state index contributed by atoms with van der Waals surface area (Å²) in [5.74, 6) is 0. The van der Waals surface area contributed by atoms with Crippen LogP contribution in [0.5, 0.6) is 0 Å². The van der Waals surface area contributed by atoms with Crippen LogP contribution in [0.1, 0.15) is 29.2 Å². The molecule has 1 aliphatic heterocycles. The average Bonchev–Trinajstić information content (AvgIpc) is 3.00. The first-order valence-corrected chi connectivity index (χ1v) is 13.5. The van der Waals surface area contributed by atoms with Crippen LogP contribution in [0.4, 0.5) is 0 Å². The van der Waals surface area contributed by atoms with E-state index in [9.17, 15) is 0 Å². The van der Waals surface area contributed by atoms with E-state index < -0.39 is 18.5 Å². The van der Waals surface area contributed by atoms with Gasteiger partial charge in [-0.2, -0.15) is 0 Å². The summed E-state index contributed by atoms with van der Waals surface area (Å²) in [7, 11) is 0. The number of hydrogen-bond donors (Lipinski definition) is 0. The molecule has 1 aliphatic rings. The highest BCUT2D eigenvalue weighted by Gasteiger charge is 2.47. The monoisotopic (exact) mass is 524 g/mol. The summed E-state index contributed by atoms with van der Waals surface area (Å²) in [4.78, 5) is 0. The largest absolute Gasteiger partial charge is 0.368 e. The molecule has 5 nitrogen and oxygen atoms in total. The Bertz CT molecular complexity index is 1220. The summed E-state index contributed by atoms with van der Waals surface area (Å²) in [6, 6.07) is 40.5. The molecule has 0 bridgehead atoms. The van der Waals surface area contributed by atoms with Gasteiger partial charge in [0, 0.05) is 0 Å². The van der Waals surface area contributed by atoms with Crippen molar-refractivity contribution in [2.45, 2.75) is 64.1 Å². The zero-order valence-corrected chi connectivity index (χ0v) is 22.3. The maximum Gasteiger partial charge on any atom is 0.187 e. The fraction of sp³-hybridized carbons (Fsp3) is 0.294. The molecular weight excluding hydrogens is 488 g/mol. The molecule has 5 rings (SSSR count). The quantitative estimate of drug-likeness (QED) is 0.206. The third-order valence-corrected chi connectivity index (χ3v) is 6.84. The molecule has 0 amide bonds. The minimum Gasteiger partial charge on any atom is -0.368 e. The van der Waals surface area contributed by atoms with Crippen molar-refractivity contribution >= 4 is 0 Å². The molecule has 4 aromatic rings. The molecule has 1 fully saturated rings. The highest BCUT2D eigenvalue weighted by atomic mass is 16.7. The van der Waals surface area contributed by atoms with Crippen LogP contribution in [0.2, 0.25) is 0 Å². The number of hydrogen-bond acceptors (Lipinski definition) is 5. The van der Waals surface area contributed by atoms with Crippen molar-refractivity contribution in [3.8, 4) is 0 Å². The van der Waals surface area contributed by atoms with Crippen molar-refractivity contribution in [1.29, 1.82) is 0 Å². The van der Waals surface area contributed by atoms with Gasteiger partial charge in [0.15, 0.2) is 6.29 Å². The van der Waals surface area contributed by atoms with E-state index in [-0.39, 0.29) is 12.2 Å². The van der Waals surface area contributed by atoms with E-state index in [1.807, 2.05) is 91.9 Å². The molecule has 0 radical (unpaired) electrons. The molecule has 1 saturated heterocycles. The lowest BCUT2D eigenvalue weighted by Gasteiger charge is -2.45. The average molecular weight is 525 g/mol. The molecule has 0 N–H and O–H groups in total. The molecular formula is C34H36O5. The second-order valence-electron chi connectivity index (χ2n) is 9.79. The van der Waals surface area contributed by atoms with Gasteiger partial charge in [-0.3, -0.25) is 0 Å². The summed E-state index contributed by atoms with van der Waals surface area (Å²) >= 11 is 0. The normalized spacial score (nSPS) is 22.9. The standard InChI is InChI=1S/C34H36O5/c1-26-31(35-22-27-14-6-2-7-15-27)32(36-23-28-16-8-3-9-17-28)33(37-24-29-18-10-4-11-19-29)34(39-26)38-25-30-20-12-5-13-21-30/h2-21,26,31-34H,22-25H2,1H3/t26-,31-,32+,33+,34-/m0/s1. The lowest BCUT2D eigenvalue weighted by atomic mass is 9.98. The van der Waals surface area contributed by atoms with Gasteiger partial charge < -0.3 is 23.7 Å². The maximum absolute atomic E-state index is 6.61. The van der Waals surface area contributed by atoms with Crippen molar-refractivity contribution in [3.63, 3.8) is 0 Å². The van der Waals surface area contributed by atoms with E-state index in [0.717, 1.165) is 22.3 Å². The van der Waals surface area contributed by atoms with Crippen molar-refractivity contribution in [2.75, 3.05) is 0 Å². The second kappa shape index (κ2) is 14.2. The van der Waals surface area contributed by atoms with E-state index in [1.54, 1.807) is 0 Å². The van der Waals surface area contributed by atoms with Gasteiger partial charge in [0.05, 0.1) is 32.5 Å². The third-order valence-electron chi connectivity index (χ3n) is 6.84. The van der Waals surface area contributed by atoms with E-state index in [4.69, 9.17) is 23.7 Å². The van der Waals surface area contributed by atoms with E-state index in [2.05, 4.69) is 36.4 Å². The third kappa shape index (κ3) is 7.85. The fourth-order valence-electron chi connectivity index (χ4n) is 4.76. The van der Waals surface area contributed by atoms with Crippen LogP contribution in [0.3, 0.4) is 0 Å². The Morgan fingerprint density at radius 3 is 1.18 bits per heavy atom. The minimum absolute atomic E-state index is 0.271. The Balaban J connectivity index is 1.38. The Hall–Kier alpha value is -3.32. The fourth-order valence-corrected chi connectivity index (χ4v) is 4.76. The first-order valence-electron chi connectivity index (χ1n) is 13.5. The molecule has 202 valence electrons. The zero-order chi connectivity index (χ0) is 26.7. The van der Waals surface area contributed by atoms with Crippen LogP contribution in [0, 0.1) is 0 Å². The molecule has 0 spiro atoms. The van der Waals surface area contributed by atoms with Gasteiger partial charge in [-0.05, 0) is 29.2 Å². The van der Waals surface area contributed by atoms with Gasteiger partial charge in [0.25, 0.3) is 0 Å². The maximum atomic E-state index is 6.61. The van der Waals surface area contributed by atoms with Crippen molar-refractivity contribution < 1.29 is 23.7 Å². The van der Waals surface area contributed by atoms with Crippen LogP contribution < -0.4 is 0 Å². The Morgan fingerprint density at radius 2 is 0.769 bits per heavy atom. The van der Waals surface area contributed by atoms with E-state index in [0.29, 0.717) is 26.4 Å². The van der Waals surface area contributed by atoms with Gasteiger partial charge in [0.1, 0.15) is 18.3 Å². The molecule has 39 heavy (non-hydrogen) atoms. The summed E-state index contributed by atoms with van der Waals surface area (Å²) in [5, 5.41) is 0. The molecule has 5 heteroatoms. The van der Waals surface area contributed by atoms with Crippen molar-refractivity contribution in [3.05, 3.63) is 144 Å². The SMILES string of the molecule is C[C@@H]1O[C@H](OCc2ccccc2)[C@H](OCc2ccccc2)[C@H](OCc2ccccc2)[C@H]1OCc1ccccc1. The summed E-state index contributed by atoms with van der Waals surface area (Å²) in [5.41, 5.74) is 4.32. The topological polar surface area (TPSA) is 46.2 Å². The van der Waals surface area contributed by atoms with E-state index >= 15 is 0 Å². The van der Waals surface area contributed by atoms with Crippen LogP contribution in [-0.2, 0) is 50.1 Å². The van der Waals surface area contributed by atoms with Crippen molar-refractivity contribution in [1.82, 2.24) is 0 Å². The first kappa shape index (κ1) is 27.3. The van der Waals surface area contributed by atoms with Crippen LogP contribution in [0.15, 0.2) is 121 Å². The summed E-state index contributed by atoms with van der Waals surface area (Å²) in [6.45, 7) is 3.71. The van der Waals surface area contributed by atoms with Crippen LogP contribution in [-0.4, -0.2) is 30.7 Å². The van der Waals surface area contributed by atoms with Crippen LogP contribution in [0.25, 0.3) is 0 Å². The Kier molecular flexibility index (Phi) is 9.91. The van der Waals surface area contributed by atoms with Gasteiger partial charge in [0.2, 0.25) is 0 Å². The minimum atomic E-state index is -0.624. The molecule has 4 aromatic carbocycles. The van der Waals surface area contributed by atoms with E-state index in [1.165, 1.54) is 0 Å². The Morgan fingerprint density at radius 1 is 0.436 bits per heavy atom. The molecule has 1 heterocycles. The zero-order valence-electron chi connectivity index (χ0n) is 22.3. The highest BCUT2D eigenvalue weighted by molar-refractivity contribution is 5.16. The first-order chi connectivity index (χ1) is 19.3. The molecule has 5 atom stereocenters. The Labute approximate surface area is 231 Å². The van der Waals surface area contributed by atoms with Gasteiger partial charge in [-0.25, -0.2) is 0 Å². The van der Waals surface area contributed by atoms with Gasteiger partial charge in [-0.15, -0.1) is 0 Å². The second-order valence-corrected chi connectivity index (χ2v) is 9.79. The molecule has 0 unspecified atom stereocenters. The molecule has 0 saturated carbocycles. The number of ether oxygens (including phenoxy) is 5. The predicted molar refractivity (Wildman–Crippen MR) is 151 cm³/mol. The number of benzene rings is 4. The number of rotatable bonds is 12. The molecule has 0 aliphatic carbocycles. The van der Waals surface area contributed by atoms with Crippen LogP contribution >= 0.6 is 0 Å². The smallest absolute Gasteiger partial charge is 0.187 e. The summed E-state index contributed by atoms with van der Waals surface area (Å²) < 4.78 is 32.4. The molecule has 0 aromatic heterocycles.